The van der Waals surface area contributed by atoms with Crippen LogP contribution >= 0.6 is 0 Å². The van der Waals surface area contributed by atoms with Gasteiger partial charge >= 0.3 is 0 Å². The van der Waals surface area contributed by atoms with E-state index >= 15 is 0 Å². The van der Waals surface area contributed by atoms with Crippen LogP contribution in [-0.2, 0) is 0 Å². The van der Waals surface area contributed by atoms with Crippen molar-refractivity contribution >= 4 is 11.0 Å². The number of fused-ring (bicyclic) bond motifs is 1. The van der Waals surface area contributed by atoms with Crippen LogP contribution in [0.15, 0.2) is 79.1 Å². The van der Waals surface area contributed by atoms with E-state index in [2.05, 4.69) is 88.6 Å². The van der Waals surface area contributed by atoms with Crippen molar-refractivity contribution in [3.63, 3.8) is 0 Å². The van der Waals surface area contributed by atoms with Crippen LogP contribution < -0.4 is 0 Å². The average molecular weight is 378 g/mol. The van der Waals surface area contributed by atoms with E-state index in [0.29, 0.717) is 0 Å². The highest BCUT2D eigenvalue weighted by Gasteiger charge is 2.15. The molecule has 0 saturated carbocycles. The van der Waals surface area contributed by atoms with Gasteiger partial charge in [-0.25, -0.2) is 9.97 Å². The highest BCUT2D eigenvalue weighted by atomic mass is 15.1. The van der Waals surface area contributed by atoms with E-state index < -0.39 is 0 Å². The summed E-state index contributed by atoms with van der Waals surface area (Å²) in [5.74, 6) is 1.90. The first-order valence-corrected chi connectivity index (χ1v) is 9.78. The summed E-state index contributed by atoms with van der Waals surface area (Å²) in [5.41, 5.74) is 7.90. The Morgan fingerprint density at radius 2 is 1.55 bits per heavy atom. The second-order valence-electron chi connectivity index (χ2n) is 7.39. The lowest BCUT2D eigenvalue weighted by Crippen LogP contribution is -2.01. The Hall–Kier alpha value is -3.66. The molecular weight excluding hydrogens is 356 g/mol. The van der Waals surface area contributed by atoms with Crippen LogP contribution in [0.4, 0.5) is 0 Å². The molecule has 3 aromatic carbocycles. The molecular formula is C25H22N4. The lowest BCUT2D eigenvalue weighted by molar-refractivity contribution is 1.00. The largest absolute Gasteiger partial charge is 0.299 e. The molecule has 0 aliphatic carbocycles. The predicted molar refractivity (Wildman–Crippen MR) is 118 cm³/mol. The zero-order valence-corrected chi connectivity index (χ0v) is 16.8. The fraction of sp³-hybridized carbons (Fsp3) is 0.120. The molecule has 142 valence electrons. The summed E-state index contributed by atoms with van der Waals surface area (Å²) in [7, 11) is 0. The minimum atomic E-state index is 0.927. The van der Waals surface area contributed by atoms with Gasteiger partial charge in [0.25, 0.3) is 0 Å². The van der Waals surface area contributed by atoms with Crippen molar-refractivity contribution in [3.05, 3.63) is 96.1 Å². The van der Waals surface area contributed by atoms with Gasteiger partial charge in [0.15, 0.2) is 0 Å². The minimum absolute atomic E-state index is 0.927. The maximum Gasteiger partial charge on any atom is 0.144 e. The molecule has 4 heteroatoms. The Morgan fingerprint density at radius 3 is 2.31 bits per heavy atom. The molecule has 0 radical (unpaired) electrons. The van der Waals surface area contributed by atoms with Crippen LogP contribution in [0.25, 0.3) is 33.8 Å². The van der Waals surface area contributed by atoms with Crippen molar-refractivity contribution in [1.82, 2.24) is 19.1 Å². The monoisotopic (exact) mass is 378 g/mol. The first kappa shape index (κ1) is 17.4. The average Bonchev–Trinajstić information content (AvgIpc) is 3.32. The summed E-state index contributed by atoms with van der Waals surface area (Å²) in [4.78, 5) is 9.49. The van der Waals surface area contributed by atoms with Gasteiger partial charge in [-0.1, -0.05) is 36.4 Å². The van der Waals surface area contributed by atoms with Crippen molar-refractivity contribution in [2.24, 2.45) is 0 Å². The van der Waals surface area contributed by atoms with Crippen LogP contribution in [0.2, 0.25) is 0 Å². The zero-order valence-electron chi connectivity index (χ0n) is 16.8. The molecule has 0 saturated heterocycles. The van der Waals surface area contributed by atoms with E-state index in [9.17, 15) is 0 Å². The predicted octanol–water partition coefficient (Wildman–Crippen LogP) is 5.80. The van der Waals surface area contributed by atoms with E-state index in [1.54, 1.807) is 0 Å². The Balaban J connectivity index is 1.67. The van der Waals surface area contributed by atoms with Gasteiger partial charge in [0, 0.05) is 23.6 Å². The normalized spacial score (nSPS) is 11.3. The van der Waals surface area contributed by atoms with Gasteiger partial charge in [0.2, 0.25) is 0 Å². The number of para-hydroxylation sites is 2. The molecule has 2 aromatic heterocycles. The third kappa shape index (κ3) is 2.85. The molecule has 5 aromatic rings. The first-order valence-electron chi connectivity index (χ1n) is 9.78. The Bertz CT molecular complexity index is 1310. The molecule has 0 fully saturated rings. The zero-order chi connectivity index (χ0) is 20.0. The maximum atomic E-state index is 4.82. The van der Waals surface area contributed by atoms with Crippen molar-refractivity contribution in [2.45, 2.75) is 20.8 Å². The molecule has 0 aliphatic rings. The quantitative estimate of drug-likeness (QED) is 0.397. The van der Waals surface area contributed by atoms with Crippen molar-refractivity contribution in [1.29, 1.82) is 0 Å². The van der Waals surface area contributed by atoms with Crippen LogP contribution in [0.1, 0.15) is 17.0 Å². The smallest absolute Gasteiger partial charge is 0.144 e. The number of hydrogen-bond acceptors (Lipinski definition) is 2. The molecule has 4 nitrogen and oxygen atoms in total. The van der Waals surface area contributed by atoms with Crippen molar-refractivity contribution in [2.75, 3.05) is 0 Å². The van der Waals surface area contributed by atoms with Crippen LogP contribution in [0.3, 0.4) is 0 Å². The van der Waals surface area contributed by atoms with Gasteiger partial charge in [-0.2, -0.15) is 0 Å². The van der Waals surface area contributed by atoms with Crippen LogP contribution in [0, 0.1) is 20.8 Å². The minimum Gasteiger partial charge on any atom is -0.299 e. The summed E-state index contributed by atoms with van der Waals surface area (Å²) < 4.78 is 4.37. The first-order chi connectivity index (χ1) is 14.1. The van der Waals surface area contributed by atoms with Gasteiger partial charge in [-0.05, 0) is 62.2 Å². The van der Waals surface area contributed by atoms with E-state index in [-0.39, 0.29) is 0 Å². The number of aryl methyl sites for hydroxylation is 3. The Kier molecular flexibility index (Phi) is 4.06. The second-order valence-corrected chi connectivity index (χ2v) is 7.39. The number of aromatic nitrogens is 4. The van der Waals surface area contributed by atoms with Gasteiger partial charge in [0.1, 0.15) is 11.6 Å². The number of imidazole rings is 2. The highest BCUT2D eigenvalue weighted by Crippen LogP contribution is 2.29. The lowest BCUT2D eigenvalue weighted by Gasteiger charge is -2.14. The van der Waals surface area contributed by atoms with Crippen molar-refractivity contribution < 1.29 is 0 Å². The number of hydrogen-bond donors (Lipinski definition) is 0. The molecule has 0 atom stereocenters. The Morgan fingerprint density at radius 1 is 0.793 bits per heavy atom. The number of nitrogens with zero attached hydrogens (tertiary/aromatic N) is 4. The Labute approximate surface area is 170 Å². The standard InChI is InChI=1S/C25H22N4/c1-17-8-7-9-18(2)24(17)28-15-14-26-25(28)20-12-13-23-22(16-20)27-19(3)29(23)21-10-5-4-6-11-21/h4-16H,1-3H3. The van der Waals surface area contributed by atoms with E-state index in [0.717, 1.165) is 33.9 Å². The molecule has 29 heavy (non-hydrogen) atoms. The fourth-order valence-electron chi connectivity index (χ4n) is 4.13. The van der Waals surface area contributed by atoms with E-state index in [4.69, 9.17) is 4.98 Å². The van der Waals surface area contributed by atoms with E-state index in [1.807, 2.05) is 25.4 Å². The fourth-order valence-corrected chi connectivity index (χ4v) is 4.13. The maximum absolute atomic E-state index is 4.82. The topological polar surface area (TPSA) is 35.6 Å². The molecule has 2 heterocycles. The van der Waals surface area contributed by atoms with Gasteiger partial charge in [-0.15, -0.1) is 0 Å². The van der Waals surface area contributed by atoms with Gasteiger partial charge < -0.3 is 0 Å². The number of benzene rings is 3. The summed E-state index contributed by atoms with van der Waals surface area (Å²) >= 11 is 0. The molecule has 0 unspecified atom stereocenters. The van der Waals surface area contributed by atoms with Crippen LogP contribution in [0.5, 0.6) is 0 Å². The molecule has 5 rings (SSSR count). The summed E-state index contributed by atoms with van der Waals surface area (Å²) in [6.45, 7) is 6.32. The summed E-state index contributed by atoms with van der Waals surface area (Å²) in [6, 6.07) is 23.1. The van der Waals surface area contributed by atoms with Crippen molar-refractivity contribution in [3.8, 4) is 22.8 Å². The third-order valence-corrected chi connectivity index (χ3v) is 5.42. The SMILES string of the molecule is Cc1cccc(C)c1-n1ccnc1-c1ccc2c(c1)nc(C)n2-c1ccccc1. The summed E-state index contributed by atoms with van der Waals surface area (Å²) in [5, 5.41) is 0. The lowest BCUT2D eigenvalue weighted by atomic mass is 10.1. The van der Waals surface area contributed by atoms with Gasteiger partial charge in [-0.3, -0.25) is 9.13 Å². The van der Waals surface area contributed by atoms with Crippen LogP contribution in [-0.4, -0.2) is 19.1 Å². The molecule has 0 spiro atoms. The molecule has 0 bridgehead atoms. The number of rotatable bonds is 3. The third-order valence-electron chi connectivity index (χ3n) is 5.42. The summed E-state index contributed by atoms with van der Waals surface area (Å²) in [6.07, 6.45) is 3.89. The van der Waals surface area contributed by atoms with E-state index in [1.165, 1.54) is 16.8 Å². The molecule has 0 amide bonds. The second kappa shape index (κ2) is 6.74. The molecule has 0 N–H and O–H groups in total. The van der Waals surface area contributed by atoms with Gasteiger partial charge in [0.05, 0.1) is 16.7 Å². The molecule has 0 aliphatic heterocycles. The highest BCUT2D eigenvalue weighted by molar-refractivity contribution is 5.83.